The minimum Gasteiger partial charge on any atom is -0.385 e. The number of carbonyl (C=O) groups excluding carboxylic acids is 1. The molecular formula is C16H24N2O3. The molecular weight excluding hydrogens is 268 g/mol. The van der Waals surface area contributed by atoms with E-state index in [1.165, 1.54) is 0 Å². The summed E-state index contributed by atoms with van der Waals surface area (Å²) in [6, 6.07) is 5.81. The van der Waals surface area contributed by atoms with Crippen LogP contribution in [0.25, 0.3) is 0 Å². The first kappa shape index (κ1) is 15.8. The van der Waals surface area contributed by atoms with Crippen molar-refractivity contribution in [1.29, 1.82) is 0 Å². The minimum atomic E-state index is -0.387. The van der Waals surface area contributed by atoms with Gasteiger partial charge in [-0.2, -0.15) is 0 Å². The molecule has 0 aromatic heterocycles. The summed E-state index contributed by atoms with van der Waals surface area (Å²) in [5.74, 6) is -0.0695. The largest absolute Gasteiger partial charge is 0.385 e. The number of benzene rings is 1. The number of carbonyl (C=O) groups is 1. The summed E-state index contributed by atoms with van der Waals surface area (Å²) in [7, 11) is 0. The highest BCUT2D eigenvalue weighted by Gasteiger charge is 2.18. The molecule has 0 saturated carbocycles. The molecule has 5 heteroatoms. The van der Waals surface area contributed by atoms with E-state index < -0.39 is 0 Å². The van der Waals surface area contributed by atoms with Gasteiger partial charge in [0.05, 0.1) is 6.54 Å². The Balaban J connectivity index is 2.00. The molecule has 2 rings (SSSR count). The van der Waals surface area contributed by atoms with Crippen molar-refractivity contribution in [2.75, 3.05) is 31.6 Å². The van der Waals surface area contributed by atoms with E-state index in [2.05, 4.69) is 10.6 Å². The second-order valence-electron chi connectivity index (χ2n) is 4.91. The molecule has 0 spiro atoms. The average molecular weight is 292 g/mol. The van der Waals surface area contributed by atoms with Crippen LogP contribution in [-0.2, 0) is 15.9 Å². The summed E-state index contributed by atoms with van der Waals surface area (Å²) in [6.45, 7) is 6.27. The Labute approximate surface area is 126 Å². The van der Waals surface area contributed by atoms with Crippen LogP contribution in [0.3, 0.4) is 0 Å². The van der Waals surface area contributed by atoms with Crippen molar-refractivity contribution in [3.8, 4) is 0 Å². The molecule has 0 fully saturated rings. The molecule has 1 aliphatic heterocycles. The Kier molecular flexibility index (Phi) is 6.02. The molecule has 0 bridgehead atoms. The van der Waals surface area contributed by atoms with Gasteiger partial charge in [0.15, 0.2) is 6.29 Å². The van der Waals surface area contributed by atoms with E-state index in [0.717, 1.165) is 36.2 Å². The topological polar surface area (TPSA) is 59.6 Å². The number of amides is 1. The molecule has 1 aromatic rings. The van der Waals surface area contributed by atoms with Crippen LogP contribution in [0.1, 0.15) is 36.2 Å². The summed E-state index contributed by atoms with van der Waals surface area (Å²) in [6.07, 6.45) is 1.60. The third-order valence-corrected chi connectivity index (χ3v) is 3.47. The van der Waals surface area contributed by atoms with E-state index in [9.17, 15) is 4.79 Å². The lowest BCUT2D eigenvalue weighted by Gasteiger charge is -2.21. The van der Waals surface area contributed by atoms with E-state index >= 15 is 0 Å². The highest BCUT2D eigenvalue weighted by atomic mass is 16.7. The van der Waals surface area contributed by atoms with Gasteiger partial charge in [0.2, 0.25) is 0 Å². The van der Waals surface area contributed by atoms with Crippen LogP contribution in [0.5, 0.6) is 0 Å². The van der Waals surface area contributed by atoms with Gasteiger partial charge in [-0.15, -0.1) is 0 Å². The smallest absolute Gasteiger partial charge is 0.251 e. The molecule has 1 aromatic carbocycles. The number of anilines is 1. The second kappa shape index (κ2) is 8.00. The maximum atomic E-state index is 12.4. The van der Waals surface area contributed by atoms with Gasteiger partial charge < -0.3 is 20.1 Å². The predicted molar refractivity (Wildman–Crippen MR) is 82.6 cm³/mol. The van der Waals surface area contributed by atoms with Crippen LogP contribution in [0.4, 0.5) is 5.69 Å². The average Bonchev–Trinajstić information content (AvgIpc) is 2.52. The first-order valence-corrected chi connectivity index (χ1v) is 7.63. The van der Waals surface area contributed by atoms with Gasteiger partial charge in [-0.05, 0) is 44.4 Å². The lowest BCUT2D eigenvalue weighted by Crippen LogP contribution is -2.36. The van der Waals surface area contributed by atoms with E-state index in [0.29, 0.717) is 19.8 Å². The van der Waals surface area contributed by atoms with Gasteiger partial charge in [-0.1, -0.05) is 6.07 Å². The quantitative estimate of drug-likeness (QED) is 0.756. The molecule has 5 nitrogen and oxygen atoms in total. The van der Waals surface area contributed by atoms with Gasteiger partial charge in [0.25, 0.3) is 5.91 Å². The minimum absolute atomic E-state index is 0.0695. The number of rotatable bonds is 7. The van der Waals surface area contributed by atoms with Crippen molar-refractivity contribution in [2.45, 2.75) is 33.0 Å². The number of hydrogen-bond donors (Lipinski definition) is 2. The van der Waals surface area contributed by atoms with E-state index in [1.807, 2.05) is 32.0 Å². The first-order chi connectivity index (χ1) is 10.3. The highest BCUT2D eigenvalue weighted by molar-refractivity contribution is 5.97. The molecule has 1 aliphatic rings. The Morgan fingerprint density at radius 1 is 1.33 bits per heavy atom. The summed E-state index contributed by atoms with van der Waals surface area (Å²) in [5, 5.41) is 6.24. The fraction of sp³-hybridized carbons (Fsp3) is 0.562. The van der Waals surface area contributed by atoms with Crippen LogP contribution in [0, 0.1) is 0 Å². The fourth-order valence-electron chi connectivity index (χ4n) is 2.53. The van der Waals surface area contributed by atoms with E-state index in [1.54, 1.807) is 0 Å². The van der Waals surface area contributed by atoms with E-state index in [-0.39, 0.29) is 12.2 Å². The van der Waals surface area contributed by atoms with Crippen molar-refractivity contribution in [2.24, 2.45) is 0 Å². The molecule has 0 saturated heterocycles. The number of ether oxygens (including phenoxy) is 2. The summed E-state index contributed by atoms with van der Waals surface area (Å²) >= 11 is 0. The number of fused-ring (bicyclic) bond motifs is 1. The van der Waals surface area contributed by atoms with Crippen LogP contribution in [-0.4, -0.2) is 38.5 Å². The van der Waals surface area contributed by atoms with E-state index in [4.69, 9.17) is 9.47 Å². The van der Waals surface area contributed by atoms with Gasteiger partial charge in [-0.25, -0.2) is 0 Å². The molecule has 116 valence electrons. The lowest BCUT2D eigenvalue weighted by atomic mass is 9.97. The fourth-order valence-corrected chi connectivity index (χ4v) is 2.53. The van der Waals surface area contributed by atoms with Crippen LogP contribution in [0.15, 0.2) is 18.2 Å². The standard InChI is InChI=1S/C16H24N2O3/c1-3-20-15(21-4-2)11-18-16(19)13-7-5-9-14-12(13)8-6-10-17-14/h5,7,9,15,17H,3-4,6,8,10-11H2,1-2H3,(H,18,19). The Hall–Kier alpha value is -1.59. The van der Waals surface area contributed by atoms with Gasteiger partial charge in [-0.3, -0.25) is 4.79 Å². The maximum absolute atomic E-state index is 12.4. The SMILES string of the molecule is CCOC(CNC(=O)c1cccc2c1CCCN2)OCC. The first-order valence-electron chi connectivity index (χ1n) is 7.63. The molecule has 1 heterocycles. The van der Waals surface area contributed by atoms with Crippen LogP contribution < -0.4 is 10.6 Å². The van der Waals surface area contributed by atoms with Crippen LogP contribution in [0.2, 0.25) is 0 Å². The molecule has 0 aliphatic carbocycles. The normalized spacial score (nSPS) is 13.7. The third-order valence-electron chi connectivity index (χ3n) is 3.47. The molecule has 1 amide bonds. The van der Waals surface area contributed by atoms with Gasteiger partial charge in [0, 0.05) is 31.0 Å². The monoisotopic (exact) mass is 292 g/mol. The van der Waals surface area contributed by atoms with Crippen molar-refractivity contribution in [3.05, 3.63) is 29.3 Å². The molecule has 0 radical (unpaired) electrons. The molecule has 2 N–H and O–H groups in total. The van der Waals surface area contributed by atoms with Crippen LogP contribution >= 0.6 is 0 Å². The maximum Gasteiger partial charge on any atom is 0.251 e. The predicted octanol–water partition coefficient (Wildman–Crippen LogP) is 2.17. The zero-order valence-electron chi connectivity index (χ0n) is 12.8. The highest BCUT2D eigenvalue weighted by Crippen LogP contribution is 2.25. The molecule has 0 unspecified atom stereocenters. The van der Waals surface area contributed by atoms with Gasteiger partial charge >= 0.3 is 0 Å². The lowest BCUT2D eigenvalue weighted by molar-refractivity contribution is -0.131. The Morgan fingerprint density at radius 3 is 2.81 bits per heavy atom. The molecule has 21 heavy (non-hydrogen) atoms. The Morgan fingerprint density at radius 2 is 2.10 bits per heavy atom. The summed E-state index contributed by atoms with van der Waals surface area (Å²) in [5.41, 5.74) is 2.91. The third kappa shape index (κ3) is 4.19. The Bertz CT molecular complexity index is 471. The summed E-state index contributed by atoms with van der Waals surface area (Å²) < 4.78 is 10.9. The van der Waals surface area contributed by atoms with Crippen molar-refractivity contribution in [3.63, 3.8) is 0 Å². The van der Waals surface area contributed by atoms with Crippen molar-refractivity contribution in [1.82, 2.24) is 5.32 Å². The second-order valence-corrected chi connectivity index (χ2v) is 4.91. The summed E-state index contributed by atoms with van der Waals surface area (Å²) in [4.78, 5) is 12.4. The molecule has 0 atom stereocenters. The van der Waals surface area contributed by atoms with Gasteiger partial charge in [0.1, 0.15) is 0 Å². The zero-order chi connectivity index (χ0) is 15.1. The zero-order valence-corrected chi connectivity index (χ0v) is 12.8. The number of hydrogen-bond acceptors (Lipinski definition) is 4. The van der Waals surface area contributed by atoms with Crippen molar-refractivity contribution >= 4 is 11.6 Å². The number of nitrogens with one attached hydrogen (secondary N) is 2. The van der Waals surface area contributed by atoms with Crippen molar-refractivity contribution < 1.29 is 14.3 Å².